The van der Waals surface area contributed by atoms with E-state index in [2.05, 4.69) is 10.3 Å². The molecule has 2 aromatic carbocycles. The Morgan fingerprint density at radius 2 is 1.88 bits per heavy atom. The van der Waals surface area contributed by atoms with Crippen LogP contribution in [-0.4, -0.2) is 27.3 Å². The van der Waals surface area contributed by atoms with Crippen molar-refractivity contribution in [2.75, 3.05) is 6.61 Å². The molecule has 0 aliphatic rings. The predicted octanol–water partition coefficient (Wildman–Crippen LogP) is 5.26. The second-order valence-corrected chi connectivity index (χ2v) is 8.25. The van der Waals surface area contributed by atoms with Gasteiger partial charge in [-0.15, -0.1) is 0 Å². The fourth-order valence-corrected chi connectivity index (χ4v) is 3.96. The SMILES string of the molecule is Cc1c(Cl)cccc1-n1nc(C)c2c(C)cc(OCC(=O)NC(C)c3ccccc3)nc21. The molecule has 0 saturated heterocycles. The average molecular weight is 449 g/mol. The van der Waals surface area contributed by atoms with Crippen molar-refractivity contribution in [3.63, 3.8) is 0 Å². The Bertz CT molecular complexity index is 1280. The molecule has 4 aromatic rings. The highest BCUT2D eigenvalue weighted by molar-refractivity contribution is 6.31. The summed E-state index contributed by atoms with van der Waals surface area (Å²) in [6, 6.07) is 17.2. The first kappa shape index (κ1) is 21.8. The van der Waals surface area contributed by atoms with Crippen LogP contribution >= 0.6 is 11.6 Å². The molecule has 0 radical (unpaired) electrons. The number of hydrogen-bond donors (Lipinski definition) is 1. The van der Waals surface area contributed by atoms with Gasteiger partial charge in [-0.2, -0.15) is 10.1 Å². The molecule has 1 unspecified atom stereocenters. The summed E-state index contributed by atoms with van der Waals surface area (Å²) >= 11 is 6.32. The lowest BCUT2D eigenvalue weighted by molar-refractivity contribution is -0.123. The van der Waals surface area contributed by atoms with Gasteiger partial charge in [0.15, 0.2) is 12.3 Å². The molecule has 0 aliphatic heterocycles. The highest BCUT2D eigenvalue weighted by Crippen LogP contribution is 2.29. The number of fused-ring (bicyclic) bond motifs is 1. The van der Waals surface area contributed by atoms with Crippen molar-refractivity contribution in [3.05, 3.63) is 82.0 Å². The molecule has 1 N–H and O–H groups in total. The summed E-state index contributed by atoms with van der Waals surface area (Å²) in [5, 5.41) is 9.26. The van der Waals surface area contributed by atoms with Gasteiger partial charge in [0.25, 0.3) is 5.91 Å². The Labute approximate surface area is 192 Å². The van der Waals surface area contributed by atoms with Gasteiger partial charge in [0, 0.05) is 16.5 Å². The number of halogens is 1. The van der Waals surface area contributed by atoms with E-state index in [4.69, 9.17) is 21.4 Å². The van der Waals surface area contributed by atoms with E-state index in [1.165, 1.54) is 0 Å². The second kappa shape index (κ2) is 9.01. The van der Waals surface area contributed by atoms with Gasteiger partial charge in [-0.1, -0.05) is 48.0 Å². The van der Waals surface area contributed by atoms with Crippen LogP contribution in [0, 0.1) is 20.8 Å². The summed E-state index contributed by atoms with van der Waals surface area (Å²) in [5.74, 6) is 0.162. The summed E-state index contributed by atoms with van der Waals surface area (Å²) in [7, 11) is 0. The monoisotopic (exact) mass is 448 g/mol. The lowest BCUT2D eigenvalue weighted by atomic mass is 10.1. The number of aryl methyl sites for hydroxylation is 2. The van der Waals surface area contributed by atoms with Gasteiger partial charge < -0.3 is 10.1 Å². The minimum Gasteiger partial charge on any atom is -0.468 e. The molecule has 1 atom stereocenters. The van der Waals surface area contributed by atoms with E-state index < -0.39 is 0 Å². The molecule has 2 aromatic heterocycles. The van der Waals surface area contributed by atoms with E-state index in [9.17, 15) is 4.79 Å². The highest BCUT2D eigenvalue weighted by Gasteiger charge is 2.17. The number of benzene rings is 2. The van der Waals surface area contributed by atoms with Crippen molar-refractivity contribution < 1.29 is 9.53 Å². The minimum atomic E-state index is -0.212. The number of nitrogens with zero attached hydrogens (tertiary/aromatic N) is 3. The van der Waals surface area contributed by atoms with Gasteiger partial charge in [-0.3, -0.25) is 4.79 Å². The molecular weight excluding hydrogens is 424 g/mol. The number of hydrogen-bond acceptors (Lipinski definition) is 4. The maximum Gasteiger partial charge on any atom is 0.258 e. The van der Waals surface area contributed by atoms with Crippen LogP contribution in [0.5, 0.6) is 5.88 Å². The van der Waals surface area contributed by atoms with E-state index in [1.54, 1.807) is 4.68 Å². The number of pyridine rings is 1. The van der Waals surface area contributed by atoms with Gasteiger partial charge in [0.1, 0.15) is 0 Å². The molecule has 4 rings (SSSR count). The Kier molecular flexibility index (Phi) is 6.15. The third kappa shape index (κ3) is 4.32. The van der Waals surface area contributed by atoms with Crippen LogP contribution < -0.4 is 10.1 Å². The first-order valence-electron chi connectivity index (χ1n) is 10.4. The smallest absolute Gasteiger partial charge is 0.258 e. The van der Waals surface area contributed by atoms with E-state index in [1.807, 2.05) is 82.3 Å². The molecule has 2 heterocycles. The predicted molar refractivity (Wildman–Crippen MR) is 127 cm³/mol. The number of rotatable bonds is 6. The lowest BCUT2D eigenvalue weighted by Gasteiger charge is -2.15. The van der Waals surface area contributed by atoms with Gasteiger partial charge in [0.05, 0.1) is 17.4 Å². The Morgan fingerprint density at radius 3 is 2.62 bits per heavy atom. The van der Waals surface area contributed by atoms with Crippen LogP contribution in [0.15, 0.2) is 54.6 Å². The van der Waals surface area contributed by atoms with Crippen molar-refractivity contribution in [2.45, 2.75) is 33.7 Å². The lowest BCUT2D eigenvalue weighted by Crippen LogP contribution is -2.31. The van der Waals surface area contributed by atoms with Crippen LogP contribution in [0.3, 0.4) is 0 Å². The second-order valence-electron chi connectivity index (χ2n) is 7.85. The van der Waals surface area contributed by atoms with Crippen molar-refractivity contribution >= 4 is 28.5 Å². The van der Waals surface area contributed by atoms with Crippen LogP contribution in [-0.2, 0) is 4.79 Å². The molecule has 32 heavy (non-hydrogen) atoms. The first-order chi connectivity index (χ1) is 15.3. The number of ether oxygens (including phenoxy) is 1. The molecule has 164 valence electrons. The summed E-state index contributed by atoms with van der Waals surface area (Å²) in [5.41, 5.74) is 5.32. The molecule has 1 amide bonds. The number of aromatic nitrogens is 3. The first-order valence-corrected chi connectivity index (χ1v) is 10.8. The average Bonchev–Trinajstić information content (AvgIpc) is 3.11. The van der Waals surface area contributed by atoms with Crippen LogP contribution in [0.25, 0.3) is 16.7 Å². The van der Waals surface area contributed by atoms with E-state index >= 15 is 0 Å². The van der Waals surface area contributed by atoms with Crippen LogP contribution in [0.1, 0.15) is 35.3 Å². The molecular formula is C25H25ClN4O2. The molecule has 0 bridgehead atoms. The largest absolute Gasteiger partial charge is 0.468 e. The minimum absolute atomic E-state index is 0.112. The van der Waals surface area contributed by atoms with Crippen molar-refractivity contribution in [2.24, 2.45) is 0 Å². The Hall–Kier alpha value is -3.38. The normalized spacial score (nSPS) is 12.0. The highest BCUT2D eigenvalue weighted by atomic mass is 35.5. The van der Waals surface area contributed by atoms with Crippen LogP contribution in [0.4, 0.5) is 0 Å². The standard InChI is InChI=1S/C25H25ClN4O2/c1-15-13-23(32-14-22(31)27-17(3)19-9-6-5-7-10-19)28-25-24(15)18(4)29-30(25)21-12-8-11-20(26)16(21)2/h5-13,17H,14H2,1-4H3,(H,27,31). The number of carbonyl (C=O) groups is 1. The van der Waals surface area contributed by atoms with E-state index in [0.29, 0.717) is 16.5 Å². The fraction of sp³-hybridized carbons (Fsp3) is 0.240. The van der Waals surface area contributed by atoms with Gasteiger partial charge in [-0.25, -0.2) is 4.68 Å². The Balaban J connectivity index is 1.58. The van der Waals surface area contributed by atoms with E-state index in [-0.39, 0.29) is 18.6 Å². The van der Waals surface area contributed by atoms with Crippen LogP contribution in [0.2, 0.25) is 5.02 Å². The molecule has 0 spiro atoms. The summed E-state index contributed by atoms with van der Waals surface area (Å²) < 4.78 is 7.54. The van der Waals surface area contributed by atoms with Crippen molar-refractivity contribution in [1.29, 1.82) is 0 Å². The number of amides is 1. The Morgan fingerprint density at radius 1 is 1.12 bits per heavy atom. The summed E-state index contributed by atoms with van der Waals surface area (Å²) in [6.07, 6.45) is 0. The third-order valence-corrected chi connectivity index (χ3v) is 5.89. The summed E-state index contributed by atoms with van der Waals surface area (Å²) in [4.78, 5) is 17.1. The van der Waals surface area contributed by atoms with Gasteiger partial charge >= 0.3 is 0 Å². The molecule has 7 heteroatoms. The zero-order valence-electron chi connectivity index (χ0n) is 18.5. The maximum absolute atomic E-state index is 12.4. The third-order valence-electron chi connectivity index (χ3n) is 5.48. The molecule has 6 nitrogen and oxygen atoms in total. The quantitative estimate of drug-likeness (QED) is 0.437. The fourth-order valence-electron chi connectivity index (χ4n) is 3.79. The molecule has 0 fully saturated rings. The van der Waals surface area contributed by atoms with Gasteiger partial charge in [-0.05, 0) is 56.5 Å². The summed E-state index contributed by atoms with van der Waals surface area (Å²) in [6.45, 7) is 7.70. The number of nitrogens with one attached hydrogen (secondary N) is 1. The van der Waals surface area contributed by atoms with E-state index in [0.717, 1.165) is 33.5 Å². The molecule has 0 saturated carbocycles. The maximum atomic E-state index is 12.4. The topological polar surface area (TPSA) is 69.0 Å². The zero-order valence-corrected chi connectivity index (χ0v) is 19.3. The number of carbonyl (C=O) groups excluding carboxylic acids is 1. The van der Waals surface area contributed by atoms with Gasteiger partial charge in [0.2, 0.25) is 5.88 Å². The van der Waals surface area contributed by atoms with Crippen molar-refractivity contribution in [1.82, 2.24) is 20.1 Å². The zero-order chi connectivity index (χ0) is 22.8. The molecule has 0 aliphatic carbocycles. The van der Waals surface area contributed by atoms with Crippen molar-refractivity contribution in [3.8, 4) is 11.6 Å².